The van der Waals surface area contributed by atoms with E-state index in [9.17, 15) is 9.59 Å². The van der Waals surface area contributed by atoms with Gasteiger partial charge in [0.15, 0.2) is 11.6 Å². The van der Waals surface area contributed by atoms with Crippen molar-refractivity contribution in [2.45, 2.75) is 88.6 Å². The van der Waals surface area contributed by atoms with E-state index in [2.05, 4.69) is 19.6 Å². The third-order valence-electron chi connectivity index (χ3n) is 7.96. The van der Waals surface area contributed by atoms with Gasteiger partial charge >= 0.3 is 0 Å². The van der Waals surface area contributed by atoms with Gasteiger partial charge in [-0.2, -0.15) is 0 Å². The molecule has 4 aliphatic rings. The Kier molecular flexibility index (Phi) is 6.32. The lowest BCUT2D eigenvalue weighted by Crippen LogP contribution is -2.45. The van der Waals surface area contributed by atoms with Crippen molar-refractivity contribution in [3.8, 4) is 0 Å². The van der Waals surface area contributed by atoms with Crippen LogP contribution in [-0.4, -0.2) is 57.6 Å². The van der Waals surface area contributed by atoms with Gasteiger partial charge in [-0.15, -0.1) is 0 Å². The van der Waals surface area contributed by atoms with Gasteiger partial charge in [0.2, 0.25) is 0 Å². The van der Waals surface area contributed by atoms with E-state index in [1.807, 2.05) is 6.92 Å². The van der Waals surface area contributed by atoms with Crippen LogP contribution < -0.4 is 0 Å². The number of Topliss-reactive ketones (excluding diaryl/α,β-unsaturated/α-hetero) is 2. The molecule has 2 aliphatic carbocycles. The Bertz CT molecular complexity index is 659. The molecular weight excluding hydrogens is 400 g/mol. The summed E-state index contributed by atoms with van der Waals surface area (Å²) in [7, 11) is -1.79. The van der Waals surface area contributed by atoms with Crippen LogP contribution in [-0.2, 0) is 28.5 Å². The van der Waals surface area contributed by atoms with Crippen molar-refractivity contribution in [1.29, 1.82) is 0 Å². The maximum absolute atomic E-state index is 13.4. The van der Waals surface area contributed by atoms with Gasteiger partial charge < -0.3 is 18.9 Å². The lowest BCUT2D eigenvalue weighted by atomic mass is 9.70. The maximum Gasteiger partial charge on any atom is 0.171 e. The second-order valence-corrected chi connectivity index (χ2v) is 16.3. The van der Waals surface area contributed by atoms with Crippen molar-refractivity contribution in [3.63, 3.8) is 0 Å². The number of hydrogen-bond donors (Lipinski definition) is 0. The minimum absolute atomic E-state index is 0.0165. The van der Waals surface area contributed by atoms with E-state index in [1.165, 1.54) is 0 Å². The Morgan fingerprint density at radius 3 is 2.33 bits per heavy atom. The molecular formula is C23H38O6Si. The first kappa shape index (κ1) is 22.6. The quantitative estimate of drug-likeness (QED) is 0.561. The largest absolute Gasteiger partial charge is 0.348 e. The van der Waals surface area contributed by atoms with Crippen molar-refractivity contribution in [2.75, 3.05) is 26.4 Å². The predicted molar refractivity (Wildman–Crippen MR) is 115 cm³/mol. The summed E-state index contributed by atoms with van der Waals surface area (Å²) < 4.78 is 23.5. The minimum atomic E-state index is -1.79. The molecule has 4 atom stereocenters. The van der Waals surface area contributed by atoms with E-state index in [4.69, 9.17) is 18.9 Å². The molecule has 2 heterocycles. The molecule has 30 heavy (non-hydrogen) atoms. The molecule has 0 bridgehead atoms. The third kappa shape index (κ3) is 4.33. The topological polar surface area (TPSA) is 71.1 Å². The van der Waals surface area contributed by atoms with Crippen LogP contribution in [0.25, 0.3) is 0 Å². The Labute approximate surface area is 181 Å². The van der Waals surface area contributed by atoms with Crippen LogP contribution in [0.4, 0.5) is 0 Å². The standard InChI is InChI=1S/C23H38O6Si/c1-22(26-11-12-27-22)9-8-20(25)21(30(2,3)4)15-17-16-7-10-23(28-13-14-29-23)18(16)5-6-19(17)24/h16-18,21H,5-15H2,1-4H3/t16-,17-,18-,21?/m0/s1. The van der Waals surface area contributed by atoms with E-state index >= 15 is 0 Å². The first-order chi connectivity index (χ1) is 14.1. The van der Waals surface area contributed by atoms with E-state index in [-0.39, 0.29) is 23.2 Å². The molecule has 1 unspecified atom stereocenters. The normalized spacial score (nSPS) is 33.7. The van der Waals surface area contributed by atoms with E-state index in [1.54, 1.807) is 0 Å². The molecule has 4 rings (SSSR count). The van der Waals surface area contributed by atoms with Crippen LogP contribution in [0.3, 0.4) is 0 Å². The number of carbonyl (C=O) groups is 2. The first-order valence-corrected chi connectivity index (χ1v) is 15.3. The van der Waals surface area contributed by atoms with Crippen LogP contribution in [0.2, 0.25) is 25.2 Å². The van der Waals surface area contributed by atoms with E-state index < -0.39 is 19.6 Å². The highest BCUT2D eigenvalue weighted by atomic mass is 28.3. The summed E-state index contributed by atoms with van der Waals surface area (Å²) in [6.07, 6.45) is 5.03. The summed E-state index contributed by atoms with van der Waals surface area (Å²) in [5.41, 5.74) is -0.0165. The summed E-state index contributed by atoms with van der Waals surface area (Å²) in [5.74, 6) is 0.0664. The number of ether oxygens (including phenoxy) is 4. The second-order valence-electron chi connectivity index (χ2n) is 10.9. The third-order valence-corrected chi connectivity index (χ3v) is 10.6. The van der Waals surface area contributed by atoms with Crippen molar-refractivity contribution < 1.29 is 28.5 Å². The number of carbonyl (C=O) groups excluding carboxylic acids is 2. The molecule has 4 fully saturated rings. The fourth-order valence-corrected chi connectivity index (χ4v) is 8.37. The zero-order chi connectivity index (χ0) is 21.6. The maximum atomic E-state index is 13.4. The van der Waals surface area contributed by atoms with Gasteiger partial charge in [0.05, 0.1) is 34.5 Å². The molecule has 2 saturated heterocycles. The monoisotopic (exact) mass is 438 g/mol. The van der Waals surface area contributed by atoms with Gasteiger partial charge in [-0.3, -0.25) is 9.59 Å². The van der Waals surface area contributed by atoms with E-state index in [0.29, 0.717) is 63.8 Å². The summed E-state index contributed by atoms with van der Waals surface area (Å²) in [5, 5.41) is 0. The summed E-state index contributed by atoms with van der Waals surface area (Å²) in [6, 6.07) is 0. The van der Waals surface area contributed by atoms with Crippen LogP contribution in [0, 0.1) is 17.8 Å². The summed E-state index contributed by atoms with van der Waals surface area (Å²) in [6.45, 7) is 11.2. The Hall–Kier alpha value is -0.603. The van der Waals surface area contributed by atoms with Crippen molar-refractivity contribution >= 4 is 19.6 Å². The predicted octanol–water partition coefficient (Wildman–Crippen LogP) is 3.95. The SMILES string of the molecule is CC1(CCC(=O)C(C[C@@H]2C(=O)CC[C@H]3[C@H]2CCC32OCCO2)[Si](C)(C)C)OCCO1. The van der Waals surface area contributed by atoms with Gasteiger partial charge in [0.25, 0.3) is 0 Å². The number of fused-ring (bicyclic) bond motifs is 2. The number of rotatable bonds is 7. The minimum Gasteiger partial charge on any atom is -0.348 e. The molecule has 2 saturated carbocycles. The first-order valence-electron chi connectivity index (χ1n) is 11.7. The fourth-order valence-electron chi connectivity index (χ4n) is 6.30. The average Bonchev–Trinajstić information content (AvgIpc) is 3.41. The van der Waals surface area contributed by atoms with Crippen molar-refractivity contribution in [1.82, 2.24) is 0 Å². The zero-order valence-corrected chi connectivity index (χ0v) is 20.0. The molecule has 0 aromatic rings. The van der Waals surface area contributed by atoms with Gasteiger partial charge in [0.1, 0.15) is 11.6 Å². The molecule has 0 amide bonds. The molecule has 0 aromatic heterocycles. The molecule has 0 aromatic carbocycles. The lowest BCUT2D eigenvalue weighted by Gasteiger charge is -2.41. The number of hydrogen-bond acceptors (Lipinski definition) is 6. The van der Waals surface area contributed by atoms with E-state index in [0.717, 1.165) is 19.3 Å². The highest BCUT2D eigenvalue weighted by Gasteiger charge is 2.57. The average molecular weight is 439 g/mol. The Morgan fingerprint density at radius 2 is 1.70 bits per heavy atom. The van der Waals surface area contributed by atoms with Crippen LogP contribution in [0.5, 0.6) is 0 Å². The summed E-state index contributed by atoms with van der Waals surface area (Å²) >= 11 is 0. The van der Waals surface area contributed by atoms with Gasteiger partial charge in [-0.1, -0.05) is 19.6 Å². The Morgan fingerprint density at radius 1 is 1.07 bits per heavy atom. The van der Waals surface area contributed by atoms with Gasteiger partial charge in [0, 0.05) is 43.1 Å². The molecule has 7 heteroatoms. The molecule has 0 N–H and O–H groups in total. The van der Waals surface area contributed by atoms with Crippen molar-refractivity contribution in [3.05, 3.63) is 0 Å². The van der Waals surface area contributed by atoms with Gasteiger partial charge in [-0.05, 0) is 32.1 Å². The molecule has 2 aliphatic heterocycles. The van der Waals surface area contributed by atoms with Crippen LogP contribution >= 0.6 is 0 Å². The smallest absolute Gasteiger partial charge is 0.171 e. The van der Waals surface area contributed by atoms with Gasteiger partial charge in [-0.25, -0.2) is 0 Å². The molecule has 170 valence electrons. The highest BCUT2D eigenvalue weighted by Crippen LogP contribution is 2.55. The lowest BCUT2D eigenvalue weighted by molar-refractivity contribution is -0.193. The highest BCUT2D eigenvalue weighted by molar-refractivity contribution is 6.80. The molecule has 0 radical (unpaired) electrons. The zero-order valence-electron chi connectivity index (χ0n) is 19.0. The van der Waals surface area contributed by atoms with Crippen LogP contribution in [0.1, 0.15) is 51.9 Å². The second kappa shape index (κ2) is 8.39. The van der Waals surface area contributed by atoms with Crippen molar-refractivity contribution in [2.24, 2.45) is 17.8 Å². The fraction of sp³-hybridized carbons (Fsp3) is 0.913. The molecule has 1 spiro atoms. The Balaban J connectivity index is 1.46. The molecule has 6 nitrogen and oxygen atoms in total. The number of ketones is 2. The van der Waals surface area contributed by atoms with Crippen LogP contribution in [0.15, 0.2) is 0 Å². The summed E-state index contributed by atoms with van der Waals surface area (Å²) in [4.78, 5) is 26.4.